The first-order chi connectivity index (χ1) is 14.0. The van der Waals surface area contributed by atoms with E-state index < -0.39 is 6.04 Å². The standard InChI is InChI=1S/C23H29FN2O2S/c1-3-14-25-23(28)18(2)26(16-19-9-11-21(24)12-10-19)22(27)13-15-29-17-20-7-5-4-6-8-20/h4-12,18H,3,13-17H2,1-2H3,(H,25,28)/t18-/m1/s1. The average Bonchev–Trinajstić information content (AvgIpc) is 2.74. The SMILES string of the molecule is CCCNC(=O)[C@@H](C)N(Cc1ccc(F)cc1)C(=O)CCSCc1ccccc1. The quantitative estimate of drug-likeness (QED) is 0.553. The smallest absolute Gasteiger partial charge is 0.242 e. The summed E-state index contributed by atoms with van der Waals surface area (Å²) in [6.07, 6.45) is 1.19. The van der Waals surface area contributed by atoms with Crippen molar-refractivity contribution >= 4 is 23.6 Å². The minimum Gasteiger partial charge on any atom is -0.354 e. The van der Waals surface area contributed by atoms with Crippen LogP contribution in [0, 0.1) is 5.82 Å². The molecule has 0 radical (unpaired) electrons. The van der Waals surface area contributed by atoms with Crippen LogP contribution in [0.15, 0.2) is 54.6 Å². The summed E-state index contributed by atoms with van der Waals surface area (Å²) in [6.45, 7) is 4.58. The van der Waals surface area contributed by atoms with Gasteiger partial charge >= 0.3 is 0 Å². The topological polar surface area (TPSA) is 49.4 Å². The van der Waals surface area contributed by atoms with Gasteiger partial charge in [-0.15, -0.1) is 0 Å². The molecule has 1 N–H and O–H groups in total. The molecule has 6 heteroatoms. The minimum absolute atomic E-state index is 0.0750. The number of benzene rings is 2. The Morgan fingerprint density at radius 3 is 2.41 bits per heavy atom. The Hall–Kier alpha value is -2.34. The highest BCUT2D eigenvalue weighted by molar-refractivity contribution is 7.98. The van der Waals surface area contributed by atoms with E-state index in [1.807, 2.05) is 25.1 Å². The predicted molar refractivity (Wildman–Crippen MR) is 117 cm³/mol. The second-order valence-corrected chi connectivity index (χ2v) is 8.01. The number of nitrogens with zero attached hydrogens (tertiary/aromatic N) is 1. The second-order valence-electron chi connectivity index (χ2n) is 6.90. The van der Waals surface area contributed by atoms with Gasteiger partial charge in [0.15, 0.2) is 0 Å². The van der Waals surface area contributed by atoms with Crippen molar-refractivity contribution in [1.82, 2.24) is 10.2 Å². The van der Waals surface area contributed by atoms with E-state index in [9.17, 15) is 14.0 Å². The van der Waals surface area contributed by atoms with Crippen molar-refractivity contribution in [3.8, 4) is 0 Å². The number of amides is 2. The molecule has 0 aliphatic carbocycles. The maximum Gasteiger partial charge on any atom is 0.242 e. The molecule has 0 aliphatic heterocycles. The van der Waals surface area contributed by atoms with Crippen LogP contribution in [0.1, 0.15) is 37.8 Å². The van der Waals surface area contributed by atoms with Gasteiger partial charge < -0.3 is 10.2 Å². The first-order valence-corrected chi connectivity index (χ1v) is 11.1. The predicted octanol–water partition coefficient (Wildman–Crippen LogP) is 4.39. The van der Waals surface area contributed by atoms with Crippen LogP contribution in [0.3, 0.4) is 0 Å². The van der Waals surface area contributed by atoms with Gasteiger partial charge in [-0.05, 0) is 36.6 Å². The van der Waals surface area contributed by atoms with Gasteiger partial charge in [0.2, 0.25) is 11.8 Å². The number of nitrogens with one attached hydrogen (secondary N) is 1. The number of hydrogen-bond acceptors (Lipinski definition) is 3. The summed E-state index contributed by atoms with van der Waals surface area (Å²) in [5.74, 6) is 0.959. The van der Waals surface area contributed by atoms with E-state index in [0.717, 1.165) is 17.7 Å². The van der Waals surface area contributed by atoms with Gasteiger partial charge in [-0.1, -0.05) is 49.4 Å². The summed E-state index contributed by atoms with van der Waals surface area (Å²) < 4.78 is 13.2. The van der Waals surface area contributed by atoms with Crippen LogP contribution in [-0.2, 0) is 21.9 Å². The highest BCUT2D eigenvalue weighted by atomic mass is 32.2. The Morgan fingerprint density at radius 1 is 1.07 bits per heavy atom. The van der Waals surface area contributed by atoms with E-state index in [4.69, 9.17) is 0 Å². The highest BCUT2D eigenvalue weighted by Gasteiger charge is 2.25. The van der Waals surface area contributed by atoms with Crippen molar-refractivity contribution in [3.63, 3.8) is 0 Å². The summed E-state index contributed by atoms with van der Waals surface area (Å²) in [4.78, 5) is 26.9. The van der Waals surface area contributed by atoms with Crippen molar-refractivity contribution in [2.45, 2.75) is 45.0 Å². The molecule has 4 nitrogen and oxygen atoms in total. The number of halogens is 1. The fraction of sp³-hybridized carbons (Fsp3) is 0.391. The molecular formula is C23H29FN2O2S. The lowest BCUT2D eigenvalue weighted by atomic mass is 10.1. The molecule has 0 fully saturated rings. The fourth-order valence-electron chi connectivity index (χ4n) is 2.83. The molecule has 0 heterocycles. The molecule has 2 aromatic carbocycles. The fourth-order valence-corrected chi connectivity index (χ4v) is 3.72. The first kappa shape index (κ1) is 22.9. The second kappa shape index (κ2) is 12.3. The number of carbonyl (C=O) groups excluding carboxylic acids is 2. The van der Waals surface area contributed by atoms with Crippen LogP contribution in [-0.4, -0.2) is 35.1 Å². The largest absolute Gasteiger partial charge is 0.354 e. The lowest BCUT2D eigenvalue weighted by molar-refractivity contribution is -0.140. The molecule has 2 rings (SSSR count). The van der Waals surface area contributed by atoms with E-state index in [-0.39, 0.29) is 24.2 Å². The van der Waals surface area contributed by atoms with E-state index in [1.165, 1.54) is 17.7 Å². The van der Waals surface area contributed by atoms with Crippen LogP contribution < -0.4 is 5.32 Å². The third kappa shape index (κ3) is 7.89. The summed E-state index contributed by atoms with van der Waals surface area (Å²) in [7, 11) is 0. The molecule has 2 aromatic rings. The maximum atomic E-state index is 13.2. The van der Waals surface area contributed by atoms with Gasteiger partial charge in [-0.2, -0.15) is 11.8 Å². The van der Waals surface area contributed by atoms with Gasteiger partial charge in [0, 0.05) is 31.0 Å². The zero-order valence-electron chi connectivity index (χ0n) is 17.1. The average molecular weight is 417 g/mol. The van der Waals surface area contributed by atoms with Crippen molar-refractivity contribution < 1.29 is 14.0 Å². The molecule has 1 atom stereocenters. The zero-order valence-corrected chi connectivity index (χ0v) is 17.9. The van der Waals surface area contributed by atoms with Gasteiger partial charge in [0.25, 0.3) is 0 Å². The lowest BCUT2D eigenvalue weighted by Gasteiger charge is -2.29. The molecular weight excluding hydrogens is 387 g/mol. The Balaban J connectivity index is 1.97. The van der Waals surface area contributed by atoms with Crippen LogP contribution in [0.4, 0.5) is 4.39 Å². The third-order valence-corrected chi connectivity index (χ3v) is 5.58. The molecule has 0 aliphatic rings. The van der Waals surface area contributed by atoms with Gasteiger partial charge in [0.1, 0.15) is 11.9 Å². The molecule has 0 aromatic heterocycles. The number of thioether (sulfide) groups is 1. The Morgan fingerprint density at radius 2 is 1.76 bits per heavy atom. The molecule has 0 saturated carbocycles. The summed E-state index contributed by atoms with van der Waals surface area (Å²) in [5.41, 5.74) is 2.02. The van der Waals surface area contributed by atoms with E-state index in [1.54, 1.807) is 35.7 Å². The first-order valence-electron chi connectivity index (χ1n) is 9.94. The molecule has 29 heavy (non-hydrogen) atoms. The lowest BCUT2D eigenvalue weighted by Crippen LogP contribution is -2.47. The van der Waals surface area contributed by atoms with E-state index >= 15 is 0 Å². The zero-order chi connectivity index (χ0) is 21.1. The van der Waals surface area contributed by atoms with Crippen LogP contribution in [0.2, 0.25) is 0 Å². The normalized spacial score (nSPS) is 11.7. The molecule has 0 bridgehead atoms. The van der Waals surface area contributed by atoms with Gasteiger partial charge in [0.05, 0.1) is 0 Å². The van der Waals surface area contributed by atoms with Crippen molar-refractivity contribution in [3.05, 3.63) is 71.5 Å². The Labute approximate surface area is 176 Å². The third-order valence-electron chi connectivity index (χ3n) is 4.55. The monoisotopic (exact) mass is 416 g/mol. The molecule has 2 amide bonds. The molecule has 0 unspecified atom stereocenters. The van der Waals surface area contributed by atoms with Crippen LogP contribution >= 0.6 is 11.8 Å². The molecule has 0 saturated heterocycles. The van der Waals surface area contributed by atoms with Crippen molar-refractivity contribution in [2.24, 2.45) is 0 Å². The van der Waals surface area contributed by atoms with Gasteiger partial charge in [-0.25, -0.2) is 4.39 Å². The molecule has 156 valence electrons. The Kier molecular flexibility index (Phi) is 9.71. The number of carbonyl (C=O) groups is 2. The summed E-state index contributed by atoms with van der Waals surface area (Å²) in [5, 5.41) is 2.85. The summed E-state index contributed by atoms with van der Waals surface area (Å²) >= 11 is 1.70. The minimum atomic E-state index is -0.585. The van der Waals surface area contributed by atoms with Crippen molar-refractivity contribution in [2.75, 3.05) is 12.3 Å². The summed E-state index contributed by atoms with van der Waals surface area (Å²) in [6, 6.07) is 15.6. The number of rotatable bonds is 11. The molecule has 0 spiro atoms. The van der Waals surface area contributed by atoms with Crippen LogP contribution in [0.25, 0.3) is 0 Å². The maximum absolute atomic E-state index is 13.2. The Bertz CT molecular complexity index is 768. The van der Waals surface area contributed by atoms with E-state index in [2.05, 4.69) is 17.4 Å². The van der Waals surface area contributed by atoms with Crippen molar-refractivity contribution in [1.29, 1.82) is 0 Å². The van der Waals surface area contributed by atoms with E-state index in [0.29, 0.717) is 18.7 Å². The van der Waals surface area contributed by atoms with Crippen LogP contribution in [0.5, 0.6) is 0 Å². The van der Waals surface area contributed by atoms with Gasteiger partial charge in [-0.3, -0.25) is 9.59 Å². The number of hydrogen-bond donors (Lipinski definition) is 1. The highest BCUT2D eigenvalue weighted by Crippen LogP contribution is 2.16.